The van der Waals surface area contributed by atoms with Gasteiger partial charge in [-0.15, -0.1) is 0 Å². The van der Waals surface area contributed by atoms with Gasteiger partial charge in [-0.3, -0.25) is 9.78 Å². The van der Waals surface area contributed by atoms with Crippen molar-refractivity contribution in [2.75, 3.05) is 0 Å². The summed E-state index contributed by atoms with van der Waals surface area (Å²) in [5.74, 6) is 0.721. The number of carbonyl (C=O) groups excluding carboxylic acids is 1. The van der Waals surface area contributed by atoms with E-state index in [0.29, 0.717) is 42.9 Å². The van der Waals surface area contributed by atoms with Gasteiger partial charge in [0, 0.05) is 33.2 Å². The SMILES string of the molecule is CC(C)OC(=O)CCc1ccc(OCc2ccccc2)cc1.Cc1ncc(COP)c(CO)c1O. The molecule has 0 aliphatic rings. The number of rotatable bonds is 10. The Morgan fingerprint density at radius 3 is 2.31 bits per heavy atom. The van der Waals surface area contributed by atoms with Crippen LogP contribution < -0.4 is 4.74 Å². The molecule has 0 saturated carbocycles. The van der Waals surface area contributed by atoms with E-state index in [2.05, 4.69) is 14.5 Å². The first-order chi connectivity index (χ1) is 16.8. The summed E-state index contributed by atoms with van der Waals surface area (Å²) in [7, 11) is 2.11. The maximum atomic E-state index is 11.5. The second kappa shape index (κ2) is 15.1. The number of carbonyl (C=O) groups is 1. The molecule has 3 aromatic rings. The smallest absolute Gasteiger partial charge is 0.306 e. The van der Waals surface area contributed by atoms with Crippen molar-refractivity contribution in [1.29, 1.82) is 0 Å². The molecule has 188 valence electrons. The highest BCUT2D eigenvalue weighted by atomic mass is 31.0. The summed E-state index contributed by atoms with van der Waals surface area (Å²) < 4.78 is 15.7. The van der Waals surface area contributed by atoms with Gasteiger partial charge in [0.15, 0.2) is 0 Å². The van der Waals surface area contributed by atoms with Gasteiger partial charge >= 0.3 is 5.97 Å². The van der Waals surface area contributed by atoms with E-state index in [1.54, 1.807) is 13.1 Å². The van der Waals surface area contributed by atoms with Gasteiger partial charge in [0.05, 0.1) is 25.0 Å². The fraction of sp³-hybridized carbons (Fsp3) is 0.333. The summed E-state index contributed by atoms with van der Waals surface area (Å²) in [6.45, 7) is 6.05. The fourth-order valence-electron chi connectivity index (χ4n) is 3.14. The summed E-state index contributed by atoms with van der Waals surface area (Å²) in [5, 5.41) is 18.5. The van der Waals surface area contributed by atoms with Gasteiger partial charge in [-0.25, -0.2) is 0 Å². The van der Waals surface area contributed by atoms with Gasteiger partial charge < -0.3 is 24.2 Å². The maximum Gasteiger partial charge on any atom is 0.306 e. The first kappa shape index (κ1) is 28.2. The van der Waals surface area contributed by atoms with Crippen LogP contribution in [0.2, 0.25) is 0 Å². The Morgan fingerprint density at radius 2 is 1.71 bits per heavy atom. The molecule has 3 rings (SSSR count). The van der Waals surface area contributed by atoms with Gasteiger partial charge in [-0.1, -0.05) is 42.5 Å². The lowest BCUT2D eigenvalue weighted by Crippen LogP contribution is -2.11. The maximum absolute atomic E-state index is 11.5. The van der Waals surface area contributed by atoms with Crippen molar-refractivity contribution in [3.8, 4) is 11.5 Å². The molecular weight excluding hydrogens is 465 g/mol. The Kier molecular flexibility index (Phi) is 12.2. The monoisotopic (exact) mass is 499 g/mol. The van der Waals surface area contributed by atoms with Crippen LogP contribution in [0.3, 0.4) is 0 Å². The van der Waals surface area contributed by atoms with E-state index in [9.17, 15) is 9.90 Å². The number of esters is 1. The first-order valence-electron chi connectivity index (χ1n) is 11.4. The van der Waals surface area contributed by atoms with Crippen molar-refractivity contribution in [3.05, 3.63) is 88.7 Å². The Bertz CT molecular complexity index is 1040. The molecule has 2 aromatic carbocycles. The molecule has 8 heteroatoms. The molecule has 1 atom stereocenters. The number of aromatic nitrogens is 1. The Morgan fingerprint density at radius 1 is 1.03 bits per heavy atom. The number of ether oxygens (including phenoxy) is 2. The number of aliphatic hydroxyl groups is 1. The van der Waals surface area contributed by atoms with Crippen molar-refractivity contribution in [3.63, 3.8) is 0 Å². The third kappa shape index (κ3) is 10.0. The molecule has 0 radical (unpaired) electrons. The zero-order valence-electron chi connectivity index (χ0n) is 20.4. The lowest BCUT2D eigenvalue weighted by atomic mass is 10.1. The molecule has 1 heterocycles. The van der Waals surface area contributed by atoms with Crippen LogP contribution in [-0.4, -0.2) is 27.3 Å². The number of hydrogen-bond donors (Lipinski definition) is 2. The number of pyridine rings is 1. The topological polar surface area (TPSA) is 98.1 Å². The van der Waals surface area contributed by atoms with E-state index in [4.69, 9.17) is 19.1 Å². The molecule has 0 aliphatic heterocycles. The Labute approximate surface area is 209 Å². The molecule has 0 amide bonds. The quantitative estimate of drug-likeness (QED) is 0.298. The Balaban J connectivity index is 0.000000283. The zero-order valence-corrected chi connectivity index (χ0v) is 21.6. The summed E-state index contributed by atoms with van der Waals surface area (Å²) >= 11 is 0. The van der Waals surface area contributed by atoms with Gasteiger partial charge in [-0.05, 0) is 50.5 Å². The molecule has 1 aromatic heterocycles. The molecular formula is C27H34NO6P. The van der Waals surface area contributed by atoms with Gasteiger partial charge in [-0.2, -0.15) is 0 Å². The summed E-state index contributed by atoms with van der Waals surface area (Å²) in [5.41, 5.74) is 3.93. The lowest BCUT2D eigenvalue weighted by molar-refractivity contribution is -0.147. The fourth-order valence-corrected chi connectivity index (χ4v) is 3.32. The summed E-state index contributed by atoms with van der Waals surface area (Å²) in [6.07, 6.45) is 2.62. The number of aryl methyl sites for hydroxylation is 2. The minimum absolute atomic E-state index is 0.0436. The Hall–Kier alpha value is -2.99. The normalized spacial score (nSPS) is 10.5. The molecule has 0 aliphatic carbocycles. The van der Waals surface area contributed by atoms with Crippen LogP contribution in [0.15, 0.2) is 60.8 Å². The highest BCUT2D eigenvalue weighted by Crippen LogP contribution is 2.24. The number of aromatic hydroxyl groups is 1. The molecule has 0 fully saturated rings. The van der Waals surface area contributed by atoms with Crippen molar-refractivity contribution < 1.29 is 29.0 Å². The molecule has 35 heavy (non-hydrogen) atoms. The standard InChI is InChI=1S/C19H22O3.C8H12NO3P/c1-15(2)22-19(20)13-10-16-8-11-18(12-9-16)21-14-17-6-4-3-5-7-17;1-5-8(11)7(3-10)6(2-9-5)4-12-13/h3-9,11-12,15H,10,13-14H2,1-2H3;2,10-11H,3-4,13H2,1H3. The molecule has 1 unspecified atom stereocenters. The van der Waals surface area contributed by atoms with E-state index in [1.807, 2.05) is 68.4 Å². The van der Waals surface area contributed by atoms with E-state index in [1.165, 1.54) is 0 Å². The molecule has 0 spiro atoms. The second-order valence-corrected chi connectivity index (χ2v) is 8.46. The van der Waals surface area contributed by atoms with Crippen molar-refractivity contribution in [2.24, 2.45) is 0 Å². The summed E-state index contributed by atoms with van der Waals surface area (Å²) in [4.78, 5) is 15.5. The average Bonchev–Trinajstić information content (AvgIpc) is 2.85. The number of aliphatic hydroxyl groups excluding tert-OH is 1. The second-order valence-electron chi connectivity index (χ2n) is 8.12. The van der Waals surface area contributed by atoms with Crippen LogP contribution in [-0.2, 0) is 40.3 Å². The number of benzene rings is 2. The van der Waals surface area contributed by atoms with Gasteiger partial charge in [0.1, 0.15) is 18.1 Å². The lowest BCUT2D eigenvalue weighted by Gasteiger charge is -2.09. The van der Waals surface area contributed by atoms with Crippen LogP contribution >= 0.6 is 9.47 Å². The van der Waals surface area contributed by atoms with Gasteiger partial charge in [0.25, 0.3) is 0 Å². The van der Waals surface area contributed by atoms with Crippen molar-refractivity contribution >= 4 is 15.4 Å². The van der Waals surface area contributed by atoms with Crippen molar-refractivity contribution in [2.45, 2.75) is 59.5 Å². The highest BCUT2D eigenvalue weighted by Gasteiger charge is 2.10. The molecule has 0 bridgehead atoms. The minimum atomic E-state index is -0.210. The first-order valence-corrected chi connectivity index (χ1v) is 11.8. The van der Waals surface area contributed by atoms with Crippen LogP contribution in [0.25, 0.3) is 0 Å². The average molecular weight is 500 g/mol. The zero-order chi connectivity index (χ0) is 25.6. The van der Waals surface area contributed by atoms with Crippen LogP contribution in [0, 0.1) is 6.92 Å². The molecule has 0 saturated heterocycles. The third-order valence-electron chi connectivity index (χ3n) is 4.98. The van der Waals surface area contributed by atoms with Gasteiger partial charge in [0.2, 0.25) is 0 Å². The van der Waals surface area contributed by atoms with Crippen LogP contribution in [0.5, 0.6) is 11.5 Å². The molecule has 7 nitrogen and oxygen atoms in total. The van der Waals surface area contributed by atoms with Crippen LogP contribution in [0.4, 0.5) is 0 Å². The van der Waals surface area contributed by atoms with E-state index < -0.39 is 0 Å². The van der Waals surface area contributed by atoms with Crippen LogP contribution in [0.1, 0.15) is 48.2 Å². The predicted octanol–water partition coefficient (Wildman–Crippen LogP) is 5.04. The van der Waals surface area contributed by atoms with E-state index in [-0.39, 0.29) is 24.4 Å². The third-order valence-corrected chi connectivity index (χ3v) is 5.15. The minimum Gasteiger partial charge on any atom is -0.506 e. The predicted molar refractivity (Wildman–Crippen MR) is 138 cm³/mol. The van der Waals surface area contributed by atoms with E-state index in [0.717, 1.165) is 16.9 Å². The van der Waals surface area contributed by atoms with E-state index >= 15 is 0 Å². The molecule has 2 N–H and O–H groups in total. The highest BCUT2D eigenvalue weighted by molar-refractivity contribution is 7.09. The van der Waals surface area contributed by atoms with Crippen molar-refractivity contribution in [1.82, 2.24) is 4.98 Å². The largest absolute Gasteiger partial charge is 0.506 e. The number of hydrogen-bond acceptors (Lipinski definition) is 7. The number of nitrogens with zero attached hydrogens (tertiary/aromatic N) is 1. The summed E-state index contributed by atoms with van der Waals surface area (Å²) in [6, 6.07) is 17.9.